The summed E-state index contributed by atoms with van der Waals surface area (Å²) in [4.78, 5) is 14.4. The Morgan fingerprint density at radius 1 is 0.889 bits per heavy atom. The van der Waals surface area contributed by atoms with Crippen molar-refractivity contribution in [3.8, 4) is 11.5 Å². The molecule has 3 aromatic carbocycles. The van der Waals surface area contributed by atoms with Crippen molar-refractivity contribution in [3.63, 3.8) is 0 Å². The maximum atomic E-state index is 12.7. The molecule has 3 aromatic rings. The topological polar surface area (TPSA) is 38.8 Å². The van der Waals surface area contributed by atoms with Crippen molar-refractivity contribution in [3.05, 3.63) is 90.5 Å². The molecule has 27 heavy (non-hydrogen) atoms. The van der Waals surface area contributed by atoms with Gasteiger partial charge in [0.15, 0.2) is 0 Å². The van der Waals surface area contributed by atoms with Gasteiger partial charge in [0.2, 0.25) is 0 Å². The number of benzene rings is 3. The van der Waals surface area contributed by atoms with Gasteiger partial charge in [0, 0.05) is 19.0 Å². The van der Waals surface area contributed by atoms with E-state index in [0.717, 1.165) is 17.0 Å². The van der Waals surface area contributed by atoms with Gasteiger partial charge in [-0.2, -0.15) is 0 Å². The molecule has 1 fully saturated rings. The van der Waals surface area contributed by atoms with Crippen LogP contribution in [0.15, 0.2) is 84.9 Å². The highest BCUT2D eigenvalue weighted by atomic mass is 16.6. The molecular weight excluding hydrogens is 338 g/mol. The minimum atomic E-state index is -0.604. The quantitative estimate of drug-likeness (QED) is 0.596. The number of nitrogens with zero attached hydrogens (tertiary/aromatic N) is 1. The standard InChI is InChI=1S/C23H21NO3/c1-23(18-9-4-2-5-10-18)15-16-24(22(25)27-23)19-11-8-14-21(17-19)26-20-12-6-3-7-13-20/h2-14,17H,15-16H2,1H3/t23-/m1/s1. The van der Waals surface area contributed by atoms with E-state index in [1.807, 2.05) is 91.9 Å². The van der Waals surface area contributed by atoms with Crippen LogP contribution in [0.5, 0.6) is 11.5 Å². The normalized spacial score (nSPS) is 19.4. The number of hydrogen-bond donors (Lipinski definition) is 0. The molecule has 1 heterocycles. The minimum Gasteiger partial charge on any atom is -0.457 e. The van der Waals surface area contributed by atoms with Crippen LogP contribution in [-0.2, 0) is 10.3 Å². The largest absolute Gasteiger partial charge is 0.457 e. The van der Waals surface area contributed by atoms with Crippen LogP contribution in [-0.4, -0.2) is 12.6 Å². The molecule has 0 saturated carbocycles. The zero-order valence-corrected chi connectivity index (χ0v) is 15.2. The molecule has 0 aliphatic carbocycles. The van der Waals surface area contributed by atoms with E-state index in [2.05, 4.69) is 0 Å². The van der Waals surface area contributed by atoms with Gasteiger partial charge in [-0.05, 0) is 36.8 Å². The number of carbonyl (C=O) groups is 1. The average Bonchev–Trinajstić information content (AvgIpc) is 2.70. The maximum Gasteiger partial charge on any atom is 0.415 e. The minimum absolute atomic E-state index is 0.343. The second-order valence-corrected chi connectivity index (χ2v) is 6.78. The van der Waals surface area contributed by atoms with Gasteiger partial charge in [-0.15, -0.1) is 0 Å². The van der Waals surface area contributed by atoms with Gasteiger partial charge in [0.25, 0.3) is 0 Å². The van der Waals surface area contributed by atoms with E-state index in [1.165, 1.54) is 0 Å². The van der Waals surface area contributed by atoms with E-state index < -0.39 is 5.60 Å². The smallest absolute Gasteiger partial charge is 0.415 e. The first-order valence-corrected chi connectivity index (χ1v) is 9.03. The van der Waals surface area contributed by atoms with Crippen LogP contribution in [0.3, 0.4) is 0 Å². The van der Waals surface area contributed by atoms with Gasteiger partial charge in [-0.25, -0.2) is 4.79 Å². The van der Waals surface area contributed by atoms with Gasteiger partial charge >= 0.3 is 6.09 Å². The van der Waals surface area contributed by atoms with Gasteiger partial charge in [0.05, 0.1) is 5.69 Å². The monoisotopic (exact) mass is 359 g/mol. The molecule has 0 spiro atoms. The fourth-order valence-electron chi connectivity index (χ4n) is 3.28. The lowest BCUT2D eigenvalue weighted by Crippen LogP contribution is -2.46. The third-order valence-corrected chi connectivity index (χ3v) is 4.84. The lowest BCUT2D eigenvalue weighted by Gasteiger charge is -2.39. The van der Waals surface area contributed by atoms with Crippen molar-refractivity contribution in [2.75, 3.05) is 11.4 Å². The summed E-state index contributed by atoms with van der Waals surface area (Å²) in [5.41, 5.74) is 1.18. The second kappa shape index (κ2) is 7.16. The molecule has 0 N–H and O–H groups in total. The maximum absolute atomic E-state index is 12.7. The Hall–Kier alpha value is -3.27. The molecule has 4 rings (SSSR count). The third kappa shape index (κ3) is 3.65. The average molecular weight is 359 g/mol. The number of amides is 1. The first-order chi connectivity index (χ1) is 13.1. The molecule has 1 atom stereocenters. The zero-order valence-electron chi connectivity index (χ0n) is 15.2. The highest BCUT2D eigenvalue weighted by Crippen LogP contribution is 2.36. The van der Waals surface area contributed by atoms with Crippen molar-refractivity contribution in [1.82, 2.24) is 0 Å². The van der Waals surface area contributed by atoms with E-state index in [-0.39, 0.29) is 6.09 Å². The molecule has 0 bridgehead atoms. The molecule has 0 radical (unpaired) electrons. The summed E-state index contributed by atoms with van der Waals surface area (Å²) in [5.74, 6) is 1.44. The molecule has 0 unspecified atom stereocenters. The van der Waals surface area contributed by atoms with E-state index in [1.54, 1.807) is 4.90 Å². The fourth-order valence-corrected chi connectivity index (χ4v) is 3.28. The second-order valence-electron chi connectivity index (χ2n) is 6.78. The molecule has 1 amide bonds. The molecule has 4 heteroatoms. The predicted molar refractivity (Wildman–Crippen MR) is 105 cm³/mol. The fraction of sp³-hybridized carbons (Fsp3) is 0.174. The predicted octanol–water partition coefficient (Wildman–Crippen LogP) is 5.74. The Morgan fingerprint density at radius 3 is 2.26 bits per heavy atom. The number of carbonyl (C=O) groups excluding carboxylic acids is 1. The van der Waals surface area contributed by atoms with E-state index in [4.69, 9.17) is 9.47 Å². The SMILES string of the molecule is C[C@]1(c2ccccc2)CCN(c2cccc(Oc3ccccc3)c2)C(=O)O1. The van der Waals surface area contributed by atoms with Crippen LogP contribution >= 0.6 is 0 Å². The van der Waals surface area contributed by atoms with Gasteiger partial charge < -0.3 is 9.47 Å². The van der Waals surface area contributed by atoms with E-state index >= 15 is 0 Å². The van der Waals surface area contributed by atoms with Crippen LogP contribution < -0.4 is 9.64 Å². The van der Waals surface area contributed by atoms with Gasteiger partial charge in [0.1, 0.15) is 17.1 Å². The zero-order chi connectivity index (χ0) is 18.7. The number of rotatable bonds is 4. The number of ether oxygens (including phenoxy) is 2. The van der Waals surface area contributed by atoms with Crippen LogP contribution in [0.25, 0.3) is 0 Å². The van der Waals surface area contributed by atoms with Crippen molar-refractivity contribution >= 4 is 11.8 Å². The molecule has 136 valence electrons. The van der Waals surface area contributed by atoms with Crippen molar-refractivity contribution < 1.29 is 14.3 Å². The summed E-state index contributed by atoms with van der Waals surface area (Å²) in [6.07, 6.45) is 0.372. The lowest BCUT2D eigenvalue weighted by atomic mass is 9.91. The van der Waals surface area contributed by atoms with Crippen LogP contribution in [0, 0.1) is 0 Å². The number of anilines is 1. The first-order valence-electron chi connectivity index (χ1n) is 9.03. The number of para-hydroxylation sites is 1. The number of cyclic esters (lactones) is 1. The highest BCUT2D eigenvalue weighted by Gasteiger charge is 2.38. The molecule has 1 saturated heterocycles. The molecule has 1 aliphatic rings. The molecular formula is C23H21NO3. The number of hydrogen-bond acceptors (Lipinski definition) is 3. The summed E-state index contributed by atoms with van der Waals surface area (Å²) in [6.45, 7) is 2.55. The van der Waals surface area contributed by atoms with Crippen molar-refractivity contribution in [2.45, 2.75) is 18.9 Å². The Bertz CT molecular complexity index is 927. The Balaban J connectivity index is 1.52. The van der Waals surface area contributed by atoms with Gasteiger partial charge in [-0.3, -0.25) is 4.90 Å². The third-order valence-electron chi connectivity index (χ3n) is 4.84. The highest BCUT2D eigenvalue weighted by molar-refractivity contribution is 5.89. The first kappa shape index (κ1) is 17.2. The van der Waals surface area contributed by atoms with Crippen LogP contribution in [0.1, 0.15) is 18.9 Å². The summed E-state index contributed by atoms with van der Waals surface area (Å²) >= 11 is 0. The lowest BCUT2D eigenvalue weighted by molar-refractivity contribution is 0.00582. The van der Waals surface area contributed by atoms with Crippen LogP contribution in [0.4, 0.5) is 10.5 Å². The Labute approximate surface area is 159 Å². The van der Waals surface area contributed by atoms with Crippen LogP contribution in [0.2, 0.25) is 0 Å². The summed E-state index contributed by atoms with van der Waals surface area (Å²) in [5, 5.41) is 0. The Morgan fingerprint density at radius 2 is 1.56 bits per heavy atom. The Kier molecular flexibility index (Phi) is 4.55. The van der Waals surface area contributed by atoms with Crippen molar-refractivity contribution in [1.29, 1.82) is 0 Å². The summed E-state index contributed by atoms with van der Waals surface area (Å²) in [6, 6.07) is 27.0. The summed E-state index contributed by atoms with van der Waals surface area (Å²) in [7, 11) is 0. The van der Waals surface area contributed by atoms with E-state index in [9.17, 15) is 4.79 Å². The van der Waals surface area contributed by atoms with E-state index in [0.29, 0.717) is 18.7 Å². The summed E-state index contributed by atoms with van der Waals surface area (Å²) < 4.78 is 11.7. The molecule has 4 nitrogen and oxygen atoms in total. The van der Waals surface area contributed by atoms with Gasteiger partial charge in [-0.1, -0.05) is 54.6 Å². The van der Waals surface area contributed by atoms with Crippen molar-refractivity contribution in [2.24, 2.45) is 0 Å². The molecule has 0 aromatic heterocycles. The molecule has 1 aliphatic heterocycles.